The Hall–Kier alpha value is -4.19. The van der Waals surface area contributed by atoms with Gasteiger partial charge in [-0.3, -0.25) is 14.4 Å². The second-order valence-electron chi connectivity index (χ2n) is 16.7. The summed E-state index contributed by atoms with van der Waals surface area (Å²) in [6.45, 7) is 6.29. The minimum absolute atomic E-state index is 0.124. The maximum Gasteiger partial charge on any atom is 0.306 e. The van der Waals surface area contributed by atoms with Crippen molar-refractivity contribution in [3.8, 4) is 0 Å². The van der Waals surface area contributed by atoms with Crippen LogP contribution in [0.15, 0.2) is 122 Å². The number of unbranched alkanes of at least 4 members (excludes halogenated alkanes) is 14. The Morgan fingerprint density at radius 2 is 0.615 bits per heavy atom. The van der Waals surface area contributed by atoms with Crippen LogP contribution in [0.3, 0.4) is 0 Å². The molecular weight excluding hydrogens is 805 g/mol. The van der Waals surface area contributed by atoms with Gasteiger partial charge < -0.3 is 14.2 Å². The Morgan fingerprint density at radius 3 is 1.02 bits per heavy atom. The molecule has 6 heteroatoms. The lowest BCUT2D eigenvalue weighted by Crippen LogP contribution is -2.30. The third kappa shape index (κ3) is 50.7. The zero-order chi connectivity index (χ0) is 47.2. The van der Waals surface area contributed by atoms with E-state index in [0.29, 0.717) is 19.3 Å². The van der Waals surface area contributed by atoms with Crippen molar-refractivity contribution >= 4 is 17.9 Å². The van der Waals surface area contributed by atoms with Crippen LogP contribution >= 0.6 is 0 Å². The lowest BCUT2D eigenvalue weighted by atomic mass is 10.1. The van der Waals surface area contributed by atoms with Crippen LogP contribution < -0.4 is 0 Å². The summed E-state index contributed by atoms with van der Waals surface area (Å²) in [4.78, 5) is 38.0. The van der Waals surface area contributed by atoms with Gasteiger partial charge in [0.1, 0.15) is 13.2 Å². The van der Waals surface area contributed by atoms with Gasteiger partial charge in [0, 0.05) is 19.3 Å². The van der Waals surface area contributed by atoms with Gasteiger partial charge in [-0.25, -0.2) is 0 Å². The summed E-state index contributed by atoms with van der Waals surface area (Å²) < 4.78 is 16.7. The molecule has 0 aromatic heterocycles. The zero-order valence-electron chi connectivity index (χ0n) is 41.7. The molecule has 65 heavy (non-hydrogen) atoms. The fourth-order valence-electron chi connectivity index (χ4n) is 6.58. The monoisotopic (exact) mass is 899 g/mol. The van der Waals surface area contributed by atoms with Crippen LogP contribution in [0.5, 0.6) is 0 Å². The van der Waals surface area contributed by atoms with Crippen molar-refractivity contribution < 1.29 is 28.6 Å². The van der Waals surface area contributed by atoms with Gasteiger partial charge in [-0.15, -0.1) is 0 Å². The largest absolute Gasteiger partial charge is 0.462 e. The molecular formula is C59H94O6. The highest BCUT2D eigenvalue weighted by Crippen LogP contribution is 2.12. The molecule has 0 aromatic rings. The summed E-state index contributed by atoms with van der Waals surface area (Å²) in [7, 11) is 0. The first-order chi connectivity index (χ1) is 32.0. The lowest BCUT2D eigenvalue weighted by molar-refractivity contribution is -0.167. The minimum atomic E-state index is -0.832. The Kier molecular flexibility index (Phi) is 49.1. The molecule has 0 fully saturated rings. The minimum Gasteiger partial charge on any atom is -0.462 e. The molecule has 0 bridgehead atoms. The normalized spacial score (nSPS) is 13.1. The van der Waals surface area contributed by atoms with E-state index in [9.17, 15) is 14.4 Å². The van der Waals surface area contributed by atoms with E-state index in [-0.39, 0.29) is 44.0 Å². The molecule has 0 amide bonds. The Bertz CT molecular complexity index is 1400. The summed E-state index contributed by atoms with van der Waals surface area (Å²) in [5.41, 5.74) is 0. The predicted molar refractivity (Wildman–Crippen MR) is 279 cm³/mol. The van der Waals surface area contributed by atoms with E-state index in [1.54, 1.807) is 0 Å². The number of hydrogen-bond donors (Lipinski definition) is 0. The van der Waals surface area contributed by atoms with Crippen LogP contribution in [0.1, 0.15) is 213 Å². The Balaban J connectivity index is 4.58. The Labute approximate surface area is 399 Å². The second kappa shape index (κ2) is 52.4. The first kappa shape index (κ1) is 60.8. The van der Waals surface area contributed by atoms with Crippen molar-refractivity contribution in [3.05, 3.63) is 122 Å². The van der Waals surface area contributed by atoms with Crippen molar-refractivity contribution in [2.24, 2.45) is 0 Å². The van der Waals surface area contributed by atoms with Crippen molar-refractivity contribution in [3.63, 3.8) is 0 Å². The van der Waals surface area contributed by atoms with Crippen molar-refractivity contribution in [1.29, 1.82) is 0 Å². The number of rotatable bonds is 45. The number of allylic oxidation sites excluding steroid dienone is 20. The molecule has 0 aliphatic carbocycles. The summed E-state index contributed by atoms with van der Waals surface area (Å²) in [5.74, 6) is -1.04. The standard InChI is InChI=1S/C59H94O6/c1-4-7-10-13-16-19-22-25-28-29-32-35-38-41-44-47-50-53-59(62)65-56(54-63-57(60)51-48-45-42-39-36-33-30-26-23-20-17-14-11-8-5-2)55-64-58(61)52-49-46-43-40-37-34-31-27-24-21-18-15-12-9-6-3/h8-9,11-12,17-18,20-21,25-28,30-32,35-36,39,41,44,56H,4-7,10,13-16,19,22-24,29,33-34,37-38,40,42-43,45-55H2,1-3H3/b11-8-,12-9-,20-17-,21-18-,28-25-,30-26-,31-27-,35-32-,39-36-,44-41-/t56-/m1/s1. The maximum atomic E-state index is 12.8. The molecule has 0 aliphatic heterocycles. The van der Waals surface area contributed by atoms with E-state index in [1.165, 1.54) is 44.9 Å². The second-order valence-corrected chi connectivity index (χ2v) is 16.7. The van der Waals surface area contributed by atoms with Crippen LogP contribution in [0.2, 0.25) is 0 Å². The van der Waals surface area contributed by atoms with Crippen LogP contribution in [0, 0.1) is 0 Å². The molecule has 0 heterocycles. The molecule has 366 valence electrons. The SMILES string of the molecule is CC/C=C\C/C=C\C/C=C\C/C=C\CCCCC(=O)OC[C@H](COC(=O)CCCCCCC/C=C\C/C=C\C/C=C\CC)OC(=O)CCC/C=C\C/C=C\C/C=C\CCCCCCCC. The quantitative estimate of drug-likeness (QED) is 0.0262. The van der Waals surface area contributed by atoms with E-state index in [2.05, 4.69) is 142 Å². The average molecular weight is 899 g/mol. The van der Waals surface area contributed by atoms with Crippen molar-refractivity contribution in [2.45, 2.75) is 219 Å². The van der Waals surface area contributed by atoms with Gasteiger partial charge in [0.2, 0.25) is 0 Å². The maximum absolute atomic E-state index is 12.8. The molecule has 0 saturated carbocycles. The molecule has 6 nitrogen and oxygen atoms in total. The lowest BCUT2D eigenvalue weighted by Gasteiger charge is -2.18. The molecule has 0 aliphatic rings. The smallest absolute Gasteiger partial charge is 0.306 e. The average Bonchev–Trinajstić information content (AvgIpc) is 3.30. The highest BCUT2D eigenvalue weighted by atomic mass is 16.6. The number of carbonyl (C=O) groups is 3. The summed E-state index contributed by atoms with van der Waals surface area (Å²) >= 11 is 0. The molecule has 1 atom stereocenters. The van der Waals surface area contributed by atoms with E-state index in [1.807, 2.05) is 0 Å². The highest BCUT2D eigenvalue weighted by Gasteiger charge is 2.19. The molecule has 0 unspecified atom stereocenters. The molecule has 0 spiro atoms. The topological polar surface area (TPSA) is 78.9 Å². The molecule has 0 saturated heterocycles. The molecule has 0 rings (SSSR count). The van der Waals surface area contributed by atoms with Crippen LogP contribution in [0.25, 0.3) is 0 Å². The van der Waals surface area contributed by atoms with Crippen molar-refractivity contribution in [2.75, 3.05) is 13.2 Å². The molecule has 0 N–H and O–H groups in total. The number of ether oxygens (including phenoxy) is 3. The van der Waals surface area contributed by atoms with E-state index < -0.39 is 6.10 Å². The molecule has 0 aromatic carbocycles. The van der Waals surface area contributed by atoms with Crippen LogP contribution in [0.4, 0.5) is 0 Å². The highest BCUT2D eigenvalue weighted by molar-refractivity contribution is 5.71. The van der Waals surface area contributed by atoms with Crippen LogP contribution in [-0.2, 0) is 28.6 Å². The van der Waals surface area contributed by atoms with E-state index in [4.69, 9.17) is 14.2 Å². The van der Waals surface area contributed by atoms with Gasteiger partial charge >= 0.3 is 17.9 Å². The third-order valence-corrected chi connectivity index (χ3v) is 10.4. The summed E-state index contributed by atoms with van der Waals surface area (Å²) in [6.07, 6.45) is 71.9. The summed E-state index contributed by atoms with van der Waals surface area (Å²) in [5, 5.41) is 0. The third-order valence-electron chi connectivity index (χ3n) is 10.4. The first-order valence-corrected chi connectivity index (χ1v) is 26.0. The van der Waals surface area contributed by atoms with Gasteiger partial charge in [-0.05, 0) is 122 Å². The number of hydrogen-bond acceptors (Lipinski definition) is 6. The van der Waals surface area contributed by atoms with E-state index >= 15 is 0 Å². The van der Waals surface area contributed by atoms with Gasteiger partial charge in [0.25, 0.3) is 0 Å². The van der Waals surface area contributed by atoms with Gasteiger partial charge in [-0.1, -0.05) is 194 Å². The molecule has 0 radical (unpaired) electrons. The zero-order valence-corrected chi connectivity index (χ0v) is 41.7. The fraction of sp³-hybridized carbons (Fsp3) is 0.610. The number of esters is 3. The van der Waals surface area contributed by atoms with Gasteiger partial charge in [-0.2, -0.15) is 0 Å². The predicted octanol–water partition coefficient (Wildman–Crippen LogP) is 17.3. The summed E-state index contributed by atoms with van der Waals surface area (Å²) in [6, 6.07) is 0. The Morgan fingerprint density at radius 1 is 0.323 bits per heavy atom. The van der Waals surface area contributed by atoms with Crippen LogP contribution in [-0.4, -0.2) is 37.2 Å². The van der Waals surface area contributed by atoms with Crippen molar-refractivity contribution in [1.82, 2.24) is 0 Å². The van der Waals surface area contributed by atoms with E-state index in [0.717, 1.165) is 116 Å². The fourth-order valence-corrected chi connectivity index (χ4v) is 6.58. The van der Waals surface area contributed by atoms with Gasteiger partial charge in [0.05, 0.1) is 0 Å². The first-order valence-electron chi connectivity index (χ1n) is 26.0. The van der Waals surface area contributed by atoms with Gasteiger partial charge in [0.15, 0.2) is 6.10 Å². The number of carbonyl (C=O) groups excluding carboxylic acids is 3.